The van der Waals surface area contributed by atoms with Gasteiger partial charge in [0.15, 0.2) is 0 Å². The molecule has 0 saturated heterocycles. The summed E-state index contributed by atoms with van der Waals surface area (Å²) in [6.07, 6.45) is 1.12. The minimum atomic E-state index is 0.704. The first kappa shape index (κ1) is 13.2. The molecule has 0 saturated carbocycles. The van der Waals surface area contributed by atoms with E-state index < -0.39 is 0 Å². The molecule has 0 aromatic carbocycles. The summed E-state index contributed by atoms with van der Waals surface area (Å²) in [5.41, 5.74) is 0. The summed E-state index contributed by atoms with van der Waals surface area (Å²) in [6.45, 7) is 6.72. The fourth-order valence-corrected chi connectivity index (χ4v) is 2.28. The third kappa shape index (κ3) is 5.13. The molecule has 0 bridgehead atoms. The summed E-state index contributed by atoms with van der Waals surface area (Å²) < 4.78 is 9.21. The van der Waals surface area contributed by atoms with E-state index in [9.17, 15) is 0 Å². The smallest absolute Gasteiger partial charge is 0.129 e. The molecule has 0 unspecified atom stereocenters. The van der Waals surface area contributed by atoms with Crippen LogP contribution in [-0.4, -0.2) is 23.0 Å². The second-order valence-corrected chi connectivity index (χ2v) is 5.43. The van der Waals surface area contributed by atoms with Crippen molar-refractivity contribution in [2.45, 2.75) is 26.8 Å². The first-order valence-electron chi connectivity index (χ1n) is 5.06. The van der Waals surface area contributed by atoms with E-state index in [1.54, 1.807) is 0 Å². The monoisotopic (exact) mass is 338 g/mol. The van der Waals surface area contributed by atoms with Crippen LogP contribution in [0.2, 0.25) is 0 Å². The van der Waals surface area contributed by atoms with E-state index in [0.29, 0.717) is 12.5 Å². The lowest BCUT2D eigenvalue weighted by Crippen LogP contribution is -2.09. The van der Waals surface area contributed by atoms with Crippen molar-refractivity contribution >= 4 is 31.9 Å². The van der Waals surface area contributed by atoms with Crippen molar-refractivity contribution < 1.29 is 4.74 Å². The van der Waals surface area contributed by atoms with Crippen molar-refractivity contribution in [2.24, 2.45) is 5.92 Å². The number of halogens is 2. The van der Waals surface area contributed by atoms with Gasteiger partial charge in [-0.1, -0.05) is 13.8 Å². The van der Waals surface area contributed by atoms with Gasteiger partial charge in [0.1, 0.15) is 9.21 Å². The van der Waals surface area contributed by atoms with E-state index in [1.165, 1.54) is 0 Å². The van der Waals surface area contributed by atoms with Gasteiger partial charge in [0.2, 0.25) is 0 Å². The second kappa shape index (κ2) is 6.66. The molecule has 0 radical (unpaired) electrons. The van der Waals surface area contributed by atoms with Crippen LogP contribution in [0.15, 0.2) is 15.3 Å². The maximum absolute atomic E-state index is 5.52. The quantitative estimate of drug-likeness (QED) is 0.742. The van der Waals surface area contributed by atoms with Crippen molar-refractivity contribution in [3.05, 3.63) is 15.3 Å². The first-order valence-corrected chi connectivity index (χ1v) is 6.65. The molecule has 1 rings (SSSR count). The van der Waals surface area contributed by atoms with Gasteiger partial charge in [0.05, 0.1) is 13.2 Å². The Labute approximate surface area is 107 Å². The molecule has 1 aromatic heterocycles. The van der Waals surface area contributed by atoms with E-state index in [0.717, 1.165) is 28.8 Å². The molecule has 0 aliphatic rings. The van der Waals surface area contributed by atoms with Crippen LogP contribution in [0.4, 0.5) is 0 Å². The highest BCUT2D eigenvalue weighted by atomic mass is 79.9. The van der Waals surface area contributed by atoms with Crippen LogP contribution < -0.4 is 0 Å². The van der Waals surface area contributed by atoms with Crippen molar-refractivity contribution in [3.63, 3.8) is 0 Å². The Kier molecular flexibility index (Phi) is 5.86. The largest absolute Gasteiger partial charge is 0.380 e. The zero-order valence-corrected chi connectivity index (χ0v) is 12.2. The molecule has 0 aliphatic carbocycles. The number of hydrogen-bond donors (Lipinski definition) is 0. The highest BCUT2D eigenvalue weighted by Crippen LogP contribution is 2.15. The predicted octanol–water partition coefficient (Wildman–Crippen LogP) is 3.47. The Hall–Kier alpha value is 0.130. The normalized spacial score (nSPS) is 11.3. The van der Waals surface area contributed by atoms with Gasteiger partial charge in [-0.2, -0.15) is 5.10 Å². The fourth-order valence-electron chi connectivity index (χ4n) is 1.09. The van der Waals surface area contributed by atoms with E-state index in [1.807, 2.05) is 10.7 Å². The third-order valence-electron chi connectivity index (χ3n) is 1.99. The van der Waals surface area contributed by atoms with E-state index in [2.05, 4.69) is 50.8 Å². The molecule has 15 heavy (non-hydrogen) atoms. The van der Waals surface area contributed by atoms with Crippen molar-refractivity contribution in [3.8, 4) is 0 Å². The molecule has 3 nitrogen and oxygen atoms in total. The average Bonchev–Trinajstić information content (AvgIpc) is 2.44. The minimum absolute atomic E-state index is 0.704. The summed E-state index contributed by atoms with van der Waals surface area (Å²) in [5, 5.41) is 4.25. The van der Waals surface area contributed by atoms with E-state index in [4.69, 9.17) is 4.74 Å². The minimum Gasteiger partial charge on any atom is -0.380 e. The highest BCUT2D eigenvalue weighted by Gasteiger charge is 2.02. The number of aromatic nitrogens is 2. The molecule has 0 atom stereocenters. The second-order valence-electron chi connectivity index (χ2n) is 3.81. The molecule has 0 fully saturated rings. The lowest BCUT2D eigenvalue weighted by molar-refractivity contribution is 0.113. The molecule has 1 heterocycles. The average molecular weight is 340 g/mol. The van der Waals surface area contributed by atoms with Crippen LogP contribution in [0.5, 0.6) is 0 Å². The van der Waals surface area contributed by atoms with Crippen molar-refractivity contribution in [1.82, 2.24) is 9.78 Å². The molecule has 0 N–H and O–H groups in total. The van der Waals surface area contributed by atoms with Gasteiger partial charge in [0.25, 0.3) is 0 Å². The molecule has 0 spiro atoms. The Morgan fingerprint density at radius 3 is 2.67 bits per heavy atom. The molecule has 5 heteroatoms. The first-order chi connectivity index (χ1) is 7.09. The fraction of sp³-hybridized carbons (Fsp3) is 0.700. The maximum atomic E-state index is 5.52. The van der Waals surface area contributed by atoms with Crippen LogP contribution >= 0.6 is 31.9 Å². The van der Waals surface area contributed by atoms with E-state index in [-0.39, 0.29) is 0 Å². The number of nitrogens with zero attached hydrogens (tertiary/aromatic N) is 2. The lowest BCUT2D eigenvalue weighted by Gasteiger charge is -2.07. The topological polar surface area (TPSA) is 27.1 Å². The number of hydrogen-bond acceptors (Lipinski definition) is 2. The van der Waals surface area contributed by atoms with Gasteiger partial charge in [-0.15, -0.1) is 0 Å². The van der Waals surface area contributed by atoms with E-state index >= 15 is 0 Å². The molecular weight excluding hydrogens is 324 g/mol. The molecule has 0 aliphatic heterocycles. The number of rotatable bonds is 6. The zero-order valence-electron chi connectivity index (χ0n) is 9.04. The van der Waals surface area contributed by atoms with Crippen LogP contribution in [0.3, 0.4) is 0 Å². The Bertz CT molecular complexity index is 300. The molecule has 86 valence electrons. The summed E-state index contributed by atoms with van der Waals surface area (Å²) in [6, 6.07) is 1.92. The molecular formula is C10H16Br2N2O. The predicted molar refractivity (Wildman–Crippen MR) is 67.9 cm³/mol. The van der Waals surface area contributed by atoms with Gasteiger partial charge in [0, 0.05) is 12.7 Å². The lowest BCUT2D eigenvalue weighted by atomic mass is 10.1. The van der Waals surface area contributed by atoms with Crippen molar-refractivity contribution in [2.75, 3.05) is 13.2 Å². The van der Waals surface area contributed by atoms with Gasteiger partial charge in [-0.05, 0) is 44.2 Å². The van der Waals surface area contributed by atoms with Crippen LogP contribution in [0.25, 0.3) is 0 Å². The highest BCUT2D eigenvalue weighted by molar-refractivity contribution is 9.11. The number of ether oxygens (including phenoxy) is 1. The molecule has 0 amide bonds. The van der Waals surface area contributed by atoms with Gasteiger partial charge >= 0.3 is 0 Å². The Morgan fingerprint density at radius 2 is 2.13 bits per heavy atom. The Morgan fingerprint density at radius 1 is 1.40 bits per heavy atom. The Balaban J connectivity index is 2.17. The standard InChI is InChI=1S/C10H16Br2N2O/c1-8(2)3-5-15-6-4-14-10(12)7-9(11)13-14/h7-8H,3-6H2,1-2H3. The molecule has 1 aromatic rings. The van der Waals surface area contributed by atoms with Crippen LogP contribution in [0, 0.1) is 5.92 Å². The van der Waals surface area contributed by atoms with Gasteiger partial charge in [-0.3, -0.25) is 4.68 Å². The van der Waals surface area contributed by atoms with Gasteiger partial charge in [-0.25, -0.2) is 0 Å². The SMILES string of the molecule is CC(C)CCOCCn1nc(Br)cc1Br. The third-order valence-corrected chi connectivity index (χ3v) is 3.01. The summed E-state index contributed by atoms with van der Waals surface area (Å²) in [4.78, 5) is 0. The van der Waals surface area contributed by atoms with Gasteiger partial charge < -0.3 is 4.74 Å². The summed E-state index contributed by atoms with van der Waals surface area (Å²) in [7, 11) is 0. The zero-order chi connectivity index (χ0) is 11.3. The van der Waals surface area contributed by atoms with Crippen LogP contribution in [0.1, 0.15) is 20.3 Å². The van der Waals surface area contributed by atoms with Crippen molar-refractivity contribution in [1.29, 1.82) is 0 Å². The maximum Gasteiger partial charge on any atom is 0.129 e. The summed E-state index contributed by atoms with van der Waals surface area (Å²) in [5.74, 6) is 0.704. The van der Waals surface area contributed by atoms with Crippen LogP contribution in [-0.2, 0) is 11.3 Å². The summed E-state index contributed by atoms with van der Waals surface area (Å²) >= 11 is 6.75.